The molecular weight excluding hydrogens is 828 g/mol. The van der Waals surface area contributed by atoms with Crippen molar-refractivity contribution in [2.24, 2.45) is 0 Å². The average molecular weight is 905 g/mol. The van der Waals surface area contributed by atoms with Crippen molar-refractivity contribution in [3.63, 3.8) is 0 Å². The molecule has 0 aromatic carbocycles. The van der Waals surface area contributed by atoms with Gasteiger partial charge in [-0.2, -0.15) is 0 Å². The van der Waals surface area contributed by atoms with Gasteiger partial charge in [0.15, 0.2) is 6.10 Å². The summed E-state index contributed by atoms with van der Waals surface area (Å²) >= 11 is 0. The van der Waals surface area contributed by atoms with Crippen molar-refractivity contribution < 1.29 is 63.1 Å². The van der Waals surface area contributed by atoms with Crippen molar-refractivity contribution in [1.82, 2.24) is 0 Å². The van der Waals surface area contributed by atoms with Gasteiger partial charge < -0.3 is 39.9 Å². The Balaban J connectivity index is 2.52. The number of aliphatic hydroxyl groups is 5. The number of hydrogen-bond acceptors (Lipinski definition) is 12. The molecule has 0 aliphatic heterocycles. The molecule has 0 heterocycles. The summed E-state index contributed by atoms with van der Waals surface area (Å²) in [5.41, 5.74) is 0. The lowest BCUT2D eigenvalue weighted by Gasteiger charge is -2.41. The summed E-state index contributed by atoms with van der Waals surface area (Å²) in [6.07, 6.45) is 38.7. The van der Waals surface area contributed by atoms with Gasteiger partial charge in [0.25, 0.3) is 0 Å². The molecule has 0 spiro atoms. The number of hydrogen-bond donors (Lipinski definition) is 6. The lowest BCUT2D eigenvalue weighted by molar-refractivity contribution is -0.220. The van der Waals surface area contributed by atoms with Gasteiger partial charge in [0.05, 0.1) is 6.61 Å². The van der Waals surface area contributed by atoms with E-state index in [0.29, 0.717) is 12.8 Å². The standard InChI is InChI=1S/C49H77O13P/c1-3-5-7-9-11-13-15-17-18-19-20-21-22-23-24-26-27-29-31-33-35-37-42(50)59-39-41(40-60-63(57,58)62-49-47(55)45(53)44(52)46(54)48(49)56)61-43(51)38-36-34-32-30-28-25-16-14-12-10-8-6-4-2/h6,8,10-14,16-18,20-21,23-25,27-29,41,44-49,52-56H,3-5,7,9,15,19,22,26,30-40H2,1-2H3,(H,57,58)/b8-6+,12-10+,13-11+,16-14+,18-17+,21-20+,24-23+,28-25+,29-27+/t41?,44?,45-,46?,47?,48?,49?/m0/s1. The van der Waals surface area contributed by atoms with Crippen LogP contribution in [0.25, 0.3) is 0 Å². The Morgan fingerprint density at radius 3 is 1.52 bits per heavy atom. The highest BCUT2D eigenvalue weighted by atomic mass is 31.2. The van der Waals surface area contributed by atoms with E-state index in [0.717, 1.165) is 64.2 Å². The zero-order valence-electron chi connectivity index (χ0n) is 37.6. The van der Waals surface area contributed by atoms with Crippen molar-refractivity contribution in [3.05, 3.63) is 109 Å². The first kappa shape index (κ1) is 57.5. The number of carbonyl (C=O) groups is 2. The molecule has 0 bridgehead atoms. The van der Waals surface area contributed by atoms with Crippen molar-refractivity contribution in [2.45, 2.75) is 172 Å². The molecule has 6 N–H and O–H groups in total. The van der Waals surface area contributed by atoms with Crippen molar-refractivity contribution in [1.29, 1.82) is 0 Å². The van der Waals surface area contributed by atoms with Gasteiger partial charge in [-0.15, -0.1) is 0 Å². The van der Waals surface area contributed by atoms with Crippen LogP contribution in [0.1, 0.15) is 129 Å². The first-order valence-corrected chi connectivity index (χ1v) is 24.2. The largest absolute Gasteiger partial charge is 0.472 e. The van der Waals surface area contributed by atoms with Gasteiger partial charge in [-0.1, -0.05) is 142 Å². The number of aliphatic hydroxyl groups excluding tert-OH is 5. The smallest absolute Gasteiger partial charge is 0.462 e. The third-order valence-corrected chi connectivity index (χ3v) is 10.7. The van der Waals surface area contributed by atoms with Crippen LogP contribution in [0.15, 0.2) is 109 Å². The molecule has 8 atom stereocenters. The molecule has 63 heavy (non-hydrogen) atoms. The van der Waals surface area contributed by atoms with Gasteiger partial charge in [-0.25, -0.2) is 4.57 Å². The van der Waals surface area contributed by atoms with E-state index in [1.165, 1.54) is 25.7 Å². The fourth-order valence-corrected chi connectivity index (χ4v) is 6.99. The van der Waals surface area contributed by atoms with Crippen LogP contribution < -0.4 is 0 Å². The van der Waals surface area contributed by atoms with Crippen LogP contribution >= 0.6 is 7.82 Å². The van der Waals surface area contributed by atoms with Crippen LogP contribution in [0.5, 0.6) is 0 Å². The lowest BCUT2D eigenvalue weighted by atomic mass is 9.85. The number of esters is 2. The minimum atomic E-state index is -5.15. The van der Waals surface area contributed by atoms with Crippen LogP contribution in [0, 0.1) is 0 Å². The summed E-state index contributed by atoms with van der Waals surface area (Å²) < 4.78 is 33.4. The molecule has 1 aliphatic carbocycles. The first-order valence-electron chi connectivity index (χ1n) is 22.7. The second-order valence-corrected chi connectivity index (χ2v) is 16.7. The average Bonchev–Trinajstić information content (AvgIpc) is 3.26. The number of allylic oxidation sites excluding steroid dienone is 18. The van der Waals surface area contributed by atoms with E-state index in [4.69, 9.17) is 18.5 Å². The zero-order valence-corrected chi connectivity index (χ0v) is 38.5. The lowest BCUT2D eigenvalue weighted by Crippen LogP contribution is -2.64. The molecule has 356 valence electrons. The van der Waals surface area contributed by atoms with E-state index in [1.54, 1.807) is 0 Å². The monoisotopic (exact) mass is 905 g/mol. The first-order chi connectivity index (χ1) is 30.4. The Hall–Kier alpha value is -3.49. The van der Waals surface area contributed by atoms with E-state index in [-0.39, 0.29) is 12.8 Å². The molecular formula is C49H77O13P. The van der Waals surface area contributed by atoms with Crippen LogP contribution in [-0.2, 0) is 32.7 Å². The molecule has 1 aliphatic rings. The van der Waals surface area contributed by atoms with E-state index in [1.807, 2.05) is 42.5 Å². The van der Waals surface area contributed by atoms with E-state index >= 15 is 0 Å². The highest BCUT2D eigenvalue weighted by molar-refractivity contribution is 7.47. The van der Waals surface area contributed by atoms with Crippen LogP contribution in [0.2, 0.25) is 0 Å². The molecule has 13 nitrogen and oxygen atoms in total. The van der Waals surface area contributed by atoms with Gasteiger partial charge in [-0.3, -0.25) is 18.6 Å². The molecule has 0 amide bonds. The number of phosphoric acid groups is 1. The van der Waals surface area contributed by atoms with Crippen LogP contribution in [0.3, 0.4) is 0 Å². The number of phosphoric ester groups is 1. The van der Waals surface area contributed by atoms with Gasteiger partial charge in [0.1, 0.15) is 43.2 Å². The predicted octanol–water partition coefficient (Wildman–Crippen LogP) is 8.83. The van der Waals surface area contributed by atoms with Gasteiger partial charge in [0.2, 0.25) is 0 Å². The predicted molar refractivity (Wildman–Crippen MR) is 248 cm³/mol. The summed E-state index contributed by atoms with van der Waals surface area (Å²) in [6.45, 7) is 3.03. The topological polar surface area (TPSA) is 210 Å². The maximum atomic E-state index is 12.8. The Bertz CT molecular complexity index is 1510. The van der Waals surface area contributed by atoms with Gasteiger partial charge in [-0.05, 0) is 83.5 Å². The summed E-state index contributed by atoms with van der Waals surface area (Å²) in [4.78, 5) is 35.6. The molecule has 0 saturated heterocycles. The molecule has 7 unspecified atom stereocenters. The Labute approximate surface area is 376 Å². The molecule has 0 radical (unpaired) electrons. The Morgan fingerprint density at radius 1 is 0.524 bits per heavy atom. The summed E-state index contributed by atoms with van der Waals surface area (Å²) in [6, 6.07) is 0. The number of ether oxygens (including phenoxy) is 2. The second kappa shape index (κ2) is 37.8. The van der Waals surface area contributed by atoms with Gasteiger partial charge >= 0.3 is 19.8 Å². The quantitative estimate of drug-likeness (QED) is 0.0116. The molecule has 1 rings (SSSR count). The minimum Gasteiger partial charge on any atom is -0.462 e. The van der Waals surface area contributed by atoms with Crippen molar-refractivity contribution in [2.75, 3.05) is 13.2 Å². The summed E-state index contributed by atoms with van der Waals surface area (Å²) in [5.74, 6) is -1.21. The maximum Gasteiger partial charge on any atom is 0.472 e. The van der Waals surface area contributed by atoms with E-state index in [2.05, 4.69) is 80.7 Å². The fraction of sp³-hybridized carbons (Fsp3) is 0.592. The molecule has 0 aromatic rings. The molecule has 0 aromatic heterocycles. The second-order valence-electron chi connectivity index (χ2n) is 15.3. The van der Waals surface area contributed by atoms with Crippen molar-refractivity contribution >= 4 is 19.8 Å². The maximum absolute atomic E-state index is 12.8. The number of unbranched alkanes of at least 4 members (excludes halogenated alkanes) is 8. The number of carbonyl (C=O) groups excluding carboxylic acids is 2. The van der Waals surface area contributed by atoms with Crippen molar-refractivity contribution in [3.8, 4) is 0 Å². The van der Waals surface area contributed by atoms with E-state index < -0.39 is 75.7 Å². The third kappa shape index (κ3) is 30.3. The van der Waals surface area contributed by atoms with Gasteiger partial charge in [0, 0.05) is 12.8 Å². The SMILES string of the molecule is CC/C=C/C=C/C=C/C=C/CCCCCC(=O)OC(COC(=O)CCCC/C=C/C/C=C/C/C=C/C/C=C/C/C=C/CCCCC)COP(=O)(O)OC1C(O)C(O)C(O)[C@H](O)C1O. The van der Waals surface area contributed by atoms with Crippen LogP contribution in [-0.4, -0.2) is 98.3 Å². The Morgan fingerprint density at radius 2 is 0.968 bits per heavy atom. The molecule has 14 heteroatoms. The fourth-order valence-electron chi connectivity index (χ4n) is 6.02. The summed E-state index contributed by atoms with van der Waals surface area (Å²) in [5, 5.41) is 50.1. The Kier molecular flexibility index (Phi) is 34.6. The summed E-state index contributed by atoms with van der Waals surface area (Å²) in [7, 11) is -5.15. The highest BCUT2D eigenvalue weighted by Crippen LogP contribution is 2.47. The van der Waals surface area contributed by atoms with Crippen LogP contribution in [0.4, 0.5) is 0 Å². The number of rotatable bonds is 35. The normalized spacial score (nSPS) is 22.7. The highest BCUT2D eigenvalue weighted by Gasteiger charge is 2.51. The molecule has 1 saturated carbocycles. The molecule has 1 fully saturated rings. The van der Waals surface area contributed by atoms with E-state index in [9.17, 15) is 44.6 Å². The zero-order chi connectivity index (χ0) is 46.4. The third-order valence-electron chi connectivity index (χ3n) is 9.69. The minimum absolute atomic E-state index is 0.0336.